The Kier molecular flexibility index (Phi) is 7.25. The first-order chi connectivity index (χ1) is 12.0. The summed E-state index contributed by atoms with van der Waals surface area (Å²) in [6.45, 7) is 0.251. The van der Waals surface area contributed by atoms with Crippen LogP contribution in [0.4, 0.5) is 5.69 Å². The second-order valence-corrected chi connectivity index (χ2v) is 6.04. The summed E-state index contributed by atoms with van der Waals surface area (Å²) in [4.78, 5) is 23.4. The van der Waals surface area contributed by atoms with Crippen molar-refractivity contribution in [1.29, 1.82) is 0 Å². The van der Waals surface area contributed by atoms with Gasteiger partial charge in [-0.3, -0.25) is 4.79 Å². The Labute approximate surface area is 155 Å². The van der Waals surface area contributed by atoms with Crippen molar-refractivity contribution in [3.05, 3.63) is 63.6 Å². The van der Waals surface area contributed by atoms with Crippen LogP contribution in [0.2, 0.25) is 10.0 Å². The van der Waals surface area contributed by atoms with Gasteiger partial charge in [0.05, 0.1) is 25.8 Å². The van der Waals surface area contributed by atoms with E-state index in [4.69, 9.17) is 27.9 Å². The molecule has 0 fully saturated rings. The topological polar surface area (TPSA) is 64.6 Å². The van der Waals surface area contributed by atoms with Crippen LogP contribution in [-0.4, -0.2) is 32.0 Å². The van der Waals surface area contributed by atoms with E-state index in [-0.39, 0.29) is 25.5 Å². The highest BCUT2D eigenvalue weighted by Gasteiger charge is 2.08. The normalized spacial score (nSPS) is 10.4. The lowest BCUT2D eigenvalue weighted by Crippen LogP contribution is -2.19. The third-order valence-corrected chi connectivity index (χ3v) is 3.90. The Hall–Kier alpha value is -2.08. The molecule has 7 heteroatoms. The monoisotopic (exact) mass is 381 g/mol. The number of hydrogen-bond acceptors (Lipinski definition) is 5. The van der Waals surface area contributed by atoms with Crippen molar-refractivity contribution in [2.45, 2.75) is 6.61 Å². The molecule has 0 bridgehead atoms. The minimum atomic E-state index is -0.432. The van der Waals surface area contributed by atoms with Crippen molar-refractivity contribution < 1.29 is 19.1 Å². The molecule has 2 aromatic carbocycles. The van der Waals surface area contributed by atoms with Gasteiger partial charge < -0.3 is 14.8 Å². The summed E-state index contributed by atoms with van der Waals surface area (Å²) in [5.41, 5.74) is 1.82. The molecule has 0 aliphatic heterocycles. The smallest absolute Gasteiger partial charge is 0.337 e. The van der Waals surface area contributed by atoms with E-state index >= 15 is 0 Å². The molecule has 25 heavy (non-hydrogen) atoms. The summed E-state index contributed by atoms with van der Waals surface area (Å²) in [5, 5.41) is 3.99. The molecule has 0 unspecified atom stereocenters. The number of ether oxygens (including phenoxy) is 2. The highest BCUT2D eigenvalue weighted by atomic mass is 35.5. The summed E-state index contributed by atoms with van der Waals surface area (Å²) < 4.78 is 10.0. The summed E-state index contributed by atoms with van der Waals surface area (Å²) >= 11 is 11.9. The van der Waals surface area contributed by atoms with Gasteiger partial charge in [-0.25, -0.2) is 4.79 Å². The summed E-state index contributed by atoms with van der Waals surface area (Å²) in [6, 6.07) is 11.8. The lowest BCUT2D eigenvalue weighted by atomic mass is 10.2. The highest BCUT2D eigenvalue weighted by Crippen LogP contribution is 2.21. The first kappa shape index (κ1) is 19.2. The SMILES string of the molecule is COC(=O)c1cccc(NCC(=O)COCc2ccc(Cl)cc2Cl)c1. The molecular weight excluding hydrogens is 365 g/mol. The van der Waals surface area contributed by atoms with E-state index in [1.807, 2.05) is 0 Å². The maximum atomic E-state index is 11.9. The summed E-state index contributed by atoms with van der Waals surface area (Å²) in [6.07, 6.45) is 0. The van der Waals surface area contributed by atoms with Gasteiger partial charge in [-0.05, 0) is 35.9 Å². The van der Waals surface area contributed by atoms with Crippen LogP contribution in [0.15, 0.2) is 42.5 Å². The number of carbonyl (C=O) groups excluding carboxylic acids is 2. The van der Waals surface area contributed by atoms with Crippen molar-refractivity contribution >= 4 is 40.6 Å². The number of hydrogen-bond donors (Lipinski definition) is 1. The number of methoxy groups -OCH3 is 1. The maximum absolute atomic E-state index is 11.9. The zero-order valence-corrected chi connectivity index (χ0v) is 15.1. The van der Waals surface area contributed by atoms with Crippen LogP contribution in [0.3, 0.4) is 0 Å². The zero-order chi connectivity index (χ0) is 18.2. The minimum Gasteiger partial charge on any atom is -0.465 e. The molecule has 0 spiro atoms. The van der Waals surface area contributed by atoms with Crippen LogP contribution in [0, 0.1) is 0 Å². The number of anilines is 1. The van der Waals surface area contributed by atoms with Crippen LogP contribution >= 0.6 is 23.2 Å². The standard InChI is InChI=1S/C18H17Cl2NO4/c1-24-18(23)12-3-2-4-15(7-12)21-9-16(22)11-25-10-13-5-6-14(19)8-17(13)20/h2-8,21H,9-11H2,1H3. The Bertz CT molecular complexity index is 764. The highest BCUT2D eigenvalue weighted by molar-refractivity contribution is 6.35. The molecule has 5 nitrogen and oxygen atoms in total. The van der Waals surface area contributed by atoms with Crippen molar-refractivity contribution in [2.24, 2.45) is 0 Å². The number of esters is 1. The molecule has 0 heterocycles. The predicted octanol–water partition coefficient (Wildman–Crippen LogP) is 3.98. The fourth-order valence-corrected chi connectivity index (χ4v) is 2.50. The van der Waals surface area contributed by atoms with Gasteiger partial charge in [0.2, 0.25) is 0 Å². The number of ketones is 1. The van der Waals surface area contributed by atoms with Crippen molar-refractivity contribution in [1.82, 2.24) is 0 Å². The maximum Gasteiger partial charge on any atom is 0.337 e. The second-order valence-electron chi connectivity index (χ2n) is 5.19. The quantitative estimate of drug-likeness (QED) is 0.700. The van der Waals surface area contributed by atoms with E-state index in [0.717, 1.165) is 5.56 Å². The molecule has 0 aliphatic carbocycles. The molecule has 132 valence electrons. The average molecular weight is 382 g/mol. The third-order valence-electron chi connectivity index (χ3n) is 3.31. The van der Waals surface area contributed by atoms with Crippen molar-refractivity contribution in [2.75, 3.05) is 25.6 Å². The van der Waals surface area contributed by atoms with Crippen LogP contribution < -0.4 is 5.32 Å². The van der Waals surface area contributed by atoms with Gasteiger partial charge in [0.15, 0.2) is 5.78 Å². The molecule has 0 aliphatic rings. The van der Waals surface area contributed by atoms with Crippen LogP contribution in [0.1, 0.15) is 15.9 Å². The van der Waals surface area contributed by atoms with E-state index in [1.165, 1.54) is 7.11 Å². The molecule has 0 atom stereocenters. The first-order valence-corrected chi connectivity index (χ1v) is 8.21. The zero-order valence-electron chi connectivity index (χ0n) is 13.6. The van der Waals surface area contributed by atoms with E-state index in [2.05, 4.69) is 10.1 Å². The lowest BCUT2D eigenvalue weighted by Gasteiger charge is -2.09. The van der Waals surface area contributed by atoms with E-state index in [0.29, 0.717) is 21.3 Å². The van der Waals surface area contributed by atoms with Gasteiger partial charge in [0.1, 0.15) is 6.61 Å². The first-order valence-electron chi connectivity index (χ1n) is 7.45. The van der Waals surface area contributed by atoms with Gasteiger partial charge >= 0.3 is 5.97 Å². The third kappa shape index (κ3) is 6.05. The van der Waals surface area contributed by atoms with Gasteiger partial charge in [0.25, 0.3) is 0 Å². The van der Waals surface area contributed by atoms with Crippen LogP contribution in [0.25, 0.3) is 0 Å². The molecule has 2 aromatic rings. The second kappa shape index (κ2) is 9.42. The van der Waals surface area contributed by atoms with E-state index < -0.39 is 5.97 Å². The molecule has 0 radical (unpaired) electrons. The lowest BCUT2D eigenvalue weighted by molar-refractivity contribution is -0.122. The van der Waals surface area contributed by atoms with Crippen molar-refractivity contribution in [3.8, 4) is 0 Å². The fraction of sp³-hybridized carbons (Fsp3) is 0.222. The van der Waals surface area contributed by atoms with Crippen LogP contribution in [0.5, 0.6) is 0 Å². The number of nitrogens with one attached hydrogen (secondary N) is 1. The van der Waals surface area contributed by atoms with Gasteiger partial charge in [-0.15, -0.1) is 0 Å². The summed E-state index contributed by atoms with van der Waals surface area (Å²) in [7, 11) is 1.32. The molecule has 2 rings (SSSR count). The van der Waals surface area contributed by atoms with Crippen LogP contribution in [-0.2, 0) is 20.9 Å². The van der Waals surface area contributed by atoms with E-state index in [1.54, 1.807) is 42.5 Å². The minimum absolute atomic E-state index is 0.0529. The van der Waals surface area contributed by atoms with Crippen molar-refractivity contribution in [3.63, 3.8) is 0 Å². The molecule has 0 saturated heterocycles. The fourth-order valence-electron chi connectivity index (χ4n) is 2.04. The number of benzene rings is 2. The Morgan fingerprint density at radius 1 is 1.12 bits per heavy atom. The van der Waals surface area contributed by atoms with Gasteiger partial charge in [-0.2, -0.15) is 0 Å². The molecule has 0 saturated carbocycles. The summed E-state index contributed by atoms with van der Waals surface area (Å²) in [5.74, 6) is -0.563. The largest absolute Gasteiger partial charge is 0.465 e. The van der Waals surface area contributed by atoms with E-state index in [9.17, 15) is 9.59 Å². The number of Topliss-reactive ketones (excluding diaryl/α,β-unsaturated/α-hetero) is 1. The molecule has 0 aromatic heterocycles. The number of halogens is 2. The van der Waals surface area contributed by atoms with Gasteiger partial charge in [-0.1, -0.05) is 35.3 Å². The Balaban J connectivity index is 1.78. The molecule has 0 amide bonds. The van der Waals surface area contributed by atoms with Gasteiger partial charge in [0, 0.05) is 15.7 Å². The number of rotatable bonds is 8. The predicted molar refractivity (Wildman–Crippen MR) is 97.4 cm³/mol. The molecule has 1 N–H and O–H groups in total. The Morgan fingerprint density at radius 3 is 2.64 bits per heavy atom. The molecular formula is C18H17Cl2NO4. The Morgan fingerprint density at radius 2 is 1.92 bits per heavy atom. The number of carbonyl (C=O) groups is 2. The average Bonchev–Trinajstić information content (AvgIpc) is 2.61.